The molecular weight excluding hydrogens is 342 g/mol. The smallest absolute Gasteiger partial charge is 0.387 e. The van der Waals surface area contributed by atoms with Gasteiger partial charge in [0, 0.05) is 31.9 Å². The fraction of sp³-hybridized carbons (Fsp3) is 0.444. The minimum absolute atomic E-state index is 0.0478. The maximum absolute atomic E-state index is 12.5. The zero-order valence-corrected chi connectivity index (χ0v) is 14.6. The average Bonchev–Trinajstić information content (AvgIpc) is 2.67. The fourth-order valence-corrected chi connectivity index (χ4v) is 3.10. The molecule has 0 spiro atoms. The molecule has 1 aromatic carbocycles. The van der Waals surface area contributed by atoms with Crippen molar-refractivity contribution in [3.05, 3.63) is 42.1 Å². The van der Waals surface area contributed by atoms with Crippen LogP contribution in [0.3, 0.4) is 0 Å². The zero-order valence-electron chi connectivity index (χ0n) is 14.6. The highest BCUT2D eigenvalue weighted by Gasteiger charge is 2.21. The van der Waals surface area contributed by atoms with Crippen LogP contribution in [0.5, 0.6) is 11.5 Å². The summed E-state index contributed by atoms with van der Waals surface area (Å²) in [5.74, 6) is 1.21. The number of piperidine rings is 1. The van der Waals surface area contributed by atoms with Crippen molar-refractivity contribution in [1.29, 1.82) is 0 Å². The van der Waals surface area contributed by atoms with Crippen LogP contribution in [0.25, 0.3) is 0 Å². The molecule has 1 aliphatic heterocycles. The Morgan fingerprint density at radius 3 is 2.92 bits per heavy atom. The number of ether oxygens (including phenoxy) is 2. The van der Waals surface area contributed by atoms with Gasteiger partial charge in [-0.05, 0) is 42.7 Å². The molecule has 8 heteroatoms. The summed E-state index contributed by atoms with van der Waals surface area (Å²) in [6.07, 6.45) is 3.76. The van der Waals surface area contributed by atoms with E-state index < -0.39 is 6.61 Å². The number of alkyl halides is 2. The van der Waals surface area contributed by atoms with Gasteiger partial charge in [-0.3, -0.25) is 0 Å². The van der Waals surface area contributed by atoms with Crippen molar-refractivity contribution < 1.29 is 18.3 Å². The van der Waals surface area contributed by atoms with E-state index in [2.05, 4.69) is 25.2 Å². The molecule has 1 fully saturated rings. The van der Waals surface area contributed by atoms with Crippen LogP contribution in [-0.4, -0.2) is 43.1 Å². The number of aromatic nitrogens is 2. The van der Waals surface area contributed by atoms with Crippen molar-refractivity contribution in [3.8, 4) is 11.5 Å². The normalized spacial score (nSPS) is 17.4. The Morgan fingerprint density at radius 2 is 2.19 bits per heavy atom. The summed E-state index contributed by atoms with van der Waals surface area (Å²) >= 11 is 0. The van der Waals surface area contributed by atoms with Gasteiger partial charge in [0.15, 0.2) is 17.3 Å². The van der Waals surface area contributed by atoms with Crippen LogP contribution >= 0.6 is 0 Å². The molecule has 1 N–H and O–H groups in total. The van der Waals surface area contributed by atoms with E-state index in [0.29, 0.717) is 12.3 Å². The Balaban J connectivity index is 1.60. The van der Waals surface area contributed by atoms with Crippen LogP contribution in [0, 0.1) is 0 Å². The summed E-state index contributed by atoms with van der Waals surface area (Å²) in [6, 6.07) is 9.18. The molecule has 2 aromatic rings. The first-order chi connectivity index (χ1) is 12.7. The number of rotatable bonds is 7. The minimum Gasteiger partial charge on any atom is -0.493 e. The van der Waals surface area contributed by atoms with Crippen LogP contribution in [0.4, 0.5) is 14.6 Å². The van der Waals surface area contributed by atoms with Gasteiger partial charge < -0.3 is 19.7 Å². The van der Waals surface area contributed by atoms with E-state index in [4.69, 9.17) is 4.74 Å². The van der Waals surface area contributed by atoms with Crippen LogP contribution in [0.2, 0.25) is 0 Å². The molecule has 6 nitrogen and oxygen atoms in total. The molecule has 0 radical (unpaired) electrons. The van der Waals surface area contributed by atoms with E-state index in [1.165, 1.54) is 7.11 Å². The molecule has 0 saturated carbocycles. The number of nitrogens with one attached hydrogen (secondary N) is 1. The number of methoxy groups -OCH3 is 1. The summed E-state index contributed by atoms with van der Waals surface area (Å²) in [4.78, 5) is 2.20. The number of hydrogen-bond acceptors (Lipinski definition) is 6. The Bertz CT molecular complexity index is 703. The summed E-state index contributed by atoms with van der Waals surface area (Å²) in [6.45, 7) is -0.546. The molecule has 26 heavy (non-hydrogen) atoms. The second-order valence-corrected chi connectivity index (χ2v) is 6.11. The molecule has 2 heterocycles. The molecule has 1 atom stereocenters. The molecule has 0 bridgehead atoms. The Hall–Kier alpha value is -2.48. The molecule has 0 aliphatic carbocycles. The van der Waals surface area contributed by atoms with Crippen LogP contribution in [0.15, 0.2) is 36.5 Å². The van der Waals surface area contributed by atoms with Crippen molar-refractivity contribution in [2.45, 2.75) is 32.0 Å². The third kappa shape index (κ3) is 4.78. The van der Waals surface area contributed by atoms with Gasteiger partial charge in [-0.2, -0.15) is 13.9 Å². The predicted octanol–water partition coefficient (Wildman–Crippen LogP) is 2.85. The van der Waals surface area contributed by atoms with Gasteiger partial charge >= 0.3 is 6.61 Å². The van der Waals surface area contributed by atoms with Gasteiger partial charge in [0.2, 0.25) is 0 Å². The third-order valence-electron chi connectivity index (χ3n) is 4.34. The Morgan fingerprint density at radius 1 is 1.31 bits per heavy atom. The van der Waals surface area contributed by atoms with Crippen molar-refractivity contribution in [2.24, 2.45) is 0 Å². The topological polar surface area (TPSA) is 59.5 Å². The monoisotopic (exact) mass is 364 g/mol. The average molecular weight is 364 g/mol. The van der Waals surface area contributed by atoms with Gasteiger partial charge in [0.25, 0.3) is 0 Å². The second kappa shape index (κ2) is 8.75. The molecule has 1 aliphatic rings. The van der Waals surface area contributed by atoms with E-state index in [-0.39, 0.29) is 11.8 Å². The number of anilines is 1. The predicted molar refractivity (Wildman–Crippen MR) is 93.7 cm³/mol. The summed E-state index contributed by atoms with van der Waals surface area (Å²) in [5.41, 5.74) is 0.859. The van der Waals surface area contributed by atoms with Gasteiger partial charge in [-0.25, -0.2) is 0 Å². The van der Waals surface area contributed by atoms with E-state index in [1.807, 2.05) is 18.2 Å². The first kappa shape index (κ1) is 18.3. The molecule has 0 amide bonds. The highest BCUT2D eigenvalue weighted by molar-refractivity contribution is 5.43. The quantitative estimate of drug-likeness (QED) is 0.815. The number of halogens is 2. The zero-order chi connectivity index (χ0) is 18.4. The molecule has 1 unspecified atom stereocenters. The highest BCUT2D eigenvalue weighted by Crippen LogP contribution is 2.29. The lowest BCUT2D eigenvalue weighted by atomic mass is 10.1. The van der Waals surface area contributed by atoms with E-state index in [1.54, 1.807) is 18.3 Å². The lowest BCUT2D eigenvalue weighted by molar-refractivity contribution is -0.0512. The summed E-state index contributed by atoms with van der Waals surface area (Å²) in [5, 5.41) is 11.6. The van der Waals surface area contributed by atoms with Crippen molar-refractivity contribution in [3.63, 3.8) is 0 Å². The molecule has 1 saturated heterocycles. The van der Waals surface area contributed by atoms with Crippen molar-refractivity contribution >= 4 is 5.82 Å². The van der Waals surface area contributed by atoms with Gasteiger partial charge in [0.1, 0.15) is 0 Å². The highest BCUT2D eigenvalue weighted by atomic mass is 19.3. The van der Waals surface area contributed by atoms with Crippen molar-refractivity contribution in [1.82, 2.24) is 15.5 Å². The maximum Gasteiger partial charge on any atom is 0.387 e. The number of hydrogen-bond donors (Lipinski definition) is 1. The Kier molecular flexibility index (Phi) is 6.17. The lowest BCUT2D eigenvalue weighted by Crippen LogP contribution is -2.45. The van der Waals surface area contributed by atoms with E-state index >= 15 is 0 Å². The summed E-state index contributed by atoms with van der Waals surface area (Å²) in [7, 11) is 1.43. The Labute approximate surface area is 151 Å². The largest absolute Gasteiger partial charge is 0.493 e. The van der Waals surface area contributed by atoms with Crippen LogP contribution in [0.1, 0.15) is 18.4 Å². The second-order valence-electron chi connectivity index (χ2n) is 6.11. The van der Waals surface area contributed by atoms with Crippen molar-refractivity contribution in [2.75, 3.05) is 25.1 Å². The number of benzene rings is 1. The van der Waals surface area contributed by atoms with E-state index in [9.17, 15) is 8.78 Å². The molecule has 1 aromatic heterocycles. The third-order valence-corrected chi connectivity index (χ3v) is 4.34. The first-order valence-electron chi connectivity index (χ1n) is 8.53. The maximum atomic E-state index is 12.5. The van der Waals surface area contributed by atoms with Gasteiger partial charge in [-0.15, -0.1) is 5.10 Å². The first-order valence-corrected chi connectivity index (χ1v) is 8.53. The fourth-order valence-electron chi connectivity index (χ4n) is 3.10. The SMILES string of the molecule is COc1ccc(CNC2CCCN(c3cccnn3)C2)cc1OC(F)F. The minimum atomic E-state index is -2.88. The van der Waals surface area contributed by atoms with Gasteiger partial charge in [-0.1, -0.05) is 6.07 Å². The summed E-state index contributed by atoms with van der Waals surface area (Å²) < 4.78 is 34.7. The van der Waals surface area contributed by atoms with E-state index in [0.717, 1.165) is 37.3 Å². The van der Waals surface area contributed by atoms with Crippen LogP contribution < -0.4 is 19.7 Å². The molecule has 140 valence electrons. The molecule has 3 rings (SSSR count). The van der Waals surface area contributed by atoms with Crippen LogP contribution in [-0.2, 0) is 6.54 Å². The lowest BCUT2D eigenvalue weighted by Gasteiger charge is -2.33. The van der Waals surface area contributed by atoms with Gasteiger partial charge in [0.05, 0.1) is 7.11 Å². The standard InChI is InChI=1S/C18H22F2N4O2/c1-25-15-7-6-13(10-16(15)26-18(19)20)11-21-14-4-3-9-24(12-14)17-5-2-8-22-23-17/h2,5-8,10,14,18,21H,3-4,9,11-12H2,1H3. The molecular formula is C18H22F2N4O2. The number of nitrogens with zero attached hydrogens (tertiary/aromatic N) is 3.